The first kappa shape index (κ1) is 22.0. The predicted molar refractivity (Wildman–Crippen MR) is 118 cm³/mol. The summed E-state index contributed by atoms with van der Waals surface area (Å²) in [6.45, 7) is 0. The van der Waals surface area contributed by atoms with Crippen molar-refractivity contribution >= 4 is 45.0 Å². The molecule has 4 rings (SSSR count). The van der Waals surface area contributed by atoms with E-state index < -0.39 is 15.9 Å². The number of carbonyl (C=O) groups is 2. The van der Waals surface area contributed by atoms with Crippen molar-refractivity contribution in [1.82, 2.24) is 10.2 Å². The van der Waals surface area contributed by atoms with E-state index in [-0.39, 0.29) is 16.6 Å². The second kappa shape index (κ2) is 9.10. The van der Waals surface area contributed by atoms with Gasteiger partial charge in [0, 0.05) is 22.9 Å². The number of nitrogens with one attached hydrogen (secondary N) is 2. The number of nitrogens with zero attached hydrogens (tertiary/aromatic N) is 2. The maximum atomic E-state index is 12.4. The van der Waals surface area contributed by atoms with Gasteiger partial charge in [0.1, 0.15) is 0 Å². The summed E-state index contributed by atoms with van der Waals surface area (Å²) in [5.41, 5.74) is 1.14. The standard InChI is InChI=1S/C20H19N5O5S2/c21-32(28,29)16-3-1-2-15(10-16)23-18(27)12-6-8-14(9-7-12)22-17(26)11-31-20-25-24-19(30-20)13-4-5-13/h1-3,6-10,13H,4-5,11H2,(H,22,26)(H,23,27)(H2,21,28,29). The molecule has 0 bridgehead atoms. The molecule has 4 N–H and O–H groups in total. The Balaban J connectivity index is 1.30. The summed E-state index contributed by atoms with van der Waals surface area (Å²) in [5.74, 6) is 0.401. The molecule has 10 nitrogen and oxygen atoms in total. The number of primary sulfonamides is 1. The molecule has 0 aliphatic heterocycles. The second-order valence-electron chi connectivity index (χ2n) is 7.12. The molecule has 0 unspecified atom stereocenters. The molecule has 2 amide bonds. The first-order chi connectivity index (χ1) is 15.3. The fourth-order valence-corrected chi connectivity index (χ4v) is 3.89. The van der Waals surface area contributed by atoms with Crippen LogP contribution >= 0.6 is 11.8 Å². The van der Waals surface area contributed by atoms with Crippen LogP contribution in [0.1, 0.15) is 35.0 Å². The summed E-state index contributed by atoms with van der Waals surface area (Å²) < 4.78 is 28.4. The van der Waals surface area contributed by atoms with Crippen LogP contribution < -0.4 is 15.8 Å². The molecular weight excluding hydrogens is 454 g/mol. The fourth-order valence-electron chi connectivity index (χ4n) is 2.76. The van der Waals surface area contributed by atoms with Crippen LogP contribution in [0.15, 0.2) is 63.1 Å². The molecule has 32 heavy (non-hydrogen) atoms. The highest BCUT2D eigenvalue weighted by Crippen LogP contribution is 2.39. The zero-order valence-corrected chi connectivity index (χ0v) is 18.3. The molecule has 0 atom stereocenters. The molecule has 0 spiro atoms. The van der Waals surface area contributed by atoms with Gasteiger partial charge in [-0.2, -0.15) is 0 Å². The number of hydrogen-bond acceptors (Lipinski definition) is 8. The Morgan fingerprint density at radius 3 is 2.50 bits per heavy atom. The average Bonchev–Trinajstić information content (AvgIpc) is 3.50. The Morgan fingerprint density at radius 2 is 1.81 bits per heavy atom. The second-order valence-corrected chi connectivity index (χ2v) is 9.61. The summed E-state index contributed by atoms with van der Waals surface area (Å²) in [7, 11) is -3.87. The first-order valence-corrected chi connectivity index (χ1v) is 12.1. The van der Waals surface area contributed by atoms with Gasteiger partial charge in [-0.15, -0.1) is 10.2 Å². The van der Waals surface area contributed by atoms with Gasteiger partial charge in [-0.05, 0) is 55.3 Å². The van der Waals surface area contributed by atoms with E-state index in [0.717, 1.165) is 24.6 Å². The Bertz CT molecular complexity index is 1250. The van der Waals surface area contributed by atoms with Crippen LogP contribution in [0.5, 0.6) is 0 Å². The topological polar surface area (TPSA) is 157 Å². The van der Waals surface area contributed by atoms with E-state index in [4.69, 9.17) is 9.56 Å². The molecule has 3 aromatic rings. The molecule has 1 aliphatic rings. The van der Waals surface area contributed by atoms with Crippen LogP contribution in [0.3, 0.4) is 0 Å². The molecule has 12 heteroatoms. The maximum absolute atomic E-state index is 12.4. The van der Waals surface area contributed by atoms with Crippen molar-refractivity contribution in [2.75, 3.05) is 16.4 Å². The molecule has 1 saturated carbocycles. The van der Waals surface area contributed by atoms with Gasteiger partial charge < -0.3 is 15.1 Å². The van der Waals surface area contributed by atoms with E-state index in [0.29, 0.717) is 34.0 Å². The van der Waals surface area contributed by atoms with Crippen LogP contribution in [0.4, 0.5) is 11.4 Å². The van der Waals surface area contributed by atoms with E-state index in [2.05, 4.69) is 20.8 Å². The molecule has 1 heterocycles. The van der Waals surface area contributed by atoms with Crippen molar-refractivity contribution in [2.45, 2.75) is 28.9 Å². The molecule has 0 radical (unpaired) electrons. The van der Waals surface area contributed by atoms with Crippen LogP contribution in [-0.2, 0) is 14.8 Å². The van der Waals surface area contributed by atoms with Crippen molar-refractivity contribution in [3.8, 4) is 0 Å². The van der Waals surface area contributed by atoms with Gasteiger partial charge in [0.15, 0.2) is 0 Å². The van der Waals surface area contributed by atoms with Crippen molar-refractivity contribution < 1.29 is 22.4 Å². The average molecular weight is 474 g/mol. The Hall–Kier alpha value is -3.22. The minimum atomic E-state index is -3.87. The quantitative estimate of drug-likeness (QED) is 0.421. The van der Waals surface area contributed by atoms with E-state index in [1.165, 1.54) is 18.2 Å². The summed E-state index contributed by atoms with van der Waals surface area (Å²) in [5, 5.41) is 18.7. The van der Waals surface area contributed by atoms with E-state index in [9.17, 15) is 18.0 Å². The summed E-state index contributed by atoms with van der Waals surface area (Å²) >= 11 is 1.16. The van der Waals surface area contributed by atoms with E-state index >= 15 is 0 Å². The molecular formula is C20H19N5O5S2. The van der Waals surface area contributed by atoms with Crippen molar-refractivity contribution in [3.63, 3.8) is 0 Å². The van der Waals surface area contributed by atoms with Gasteiger partial charge in [0.05, 0.1) is 10.6 Å². The third-order valence-electron chi connectivity index (χ3n) is 4.53. The Morgan fingerprint density at radius 1 is 1.06 bits per heavy atom. The zero-order valence-electron chi connectivity index (χ0n) is 16.6. The smallest absolute Gasteiger partial charge is 0.277 e. The lowest BCUT2D eigenvalue weighted by Crippen LogP contribution is -2.16. The predicted octanol–water partition coefficient (Wildman–Crippen LogP) is 2.58. The number of benzene rings is 2. The van der Waals surface area contributed by atoms with Gasteiger partial charge in [-0.3, -0.25) is 9.59 Å². The molecule has 0 saturated heterocycles. The molecule has 2 aromatic carbocycles. The SMILES string of the molecule is NS(=O)(=O)c1cccc(NC(=O)c2ccc(NC(=O)CSc3nnc(C4CC4)o3)cc2)c1. The highest BCUT2D eigenvalue weighted by atomic mass is 32.2. The first-order valence-electron chi connectivity index (χ1n) is 9.58. The van der Waals surface area contributed by atoms with Crippen LogP contribution in [0, 0.1) is 0 Å². The molecule has 1 aliphatic carbocycles. The maximum Gasteiger partial charge on any atom is 0.277 e. The number of carbonyl (C=O) groups excluding carboxylic acids is 2. The summed E-state index contributed by atoms with van der Waals surface area (Å²) in [6.07, 6.45) is 2.12. The monoisotopic (exact) mass is 473 g/mol. The minimum absolute atomic E-state index is 0.101. The van der Waals surface area contributed by atoms with Crippen molar-refractivity contribution in [3.05, 3.63) is 60.0 Å². The lowest BCUT2D eigenvalue weighted by atomic mass is 10.2. The van der Waals surface area contributed by atoms with E-state index in [1.807, 2.05) is 0 Å². The largest absolute Gasteiger partial charge is 0.416 e. The van der Waals surface area contributed by atoms with E-state index in [1.54, 1.807) is 30.3 Å². The van der Waals surface area contributed by atoms with Crippen LogP contribution in [-0.4, -0.2) is 36.2 Å². The van der Waals surface area contributed by atoms with Crippen LogP contribution in [0.2, 0.25) is 0 Å². The molecule has 166 valence electrons. The Labute approximate surface area is 188 Å². The number of aromatic nitrogens is 2. The third kappa shape index (κ3) is 5.72. The van der Waals surface area contributed by atoms with Gasteiger partial charge in [0.2, 0.25) is 21.8 Å². The molecule has 1 aromatic heterocycles. The van der Waals surface area contributed by atoms with Gasteiger partial charge in [-0.1, -0.05) is 17.8 Å². The highest BCUT2D eigenvalue weighted by Gasteiger charge is 2.29. The van der Waals surface area contributed by atoms with Crippen molar-refractivity contribution in [1.29, 1.82) is 0 Å². The number of nitrogens with two attached hydrogens (primary N) is 1. The minimum Gasteiger partial charge on any atom is -0.416 e. The summed E-state index contributed by atoms with van der Waals surface area (Å²) in [6, 6.07) is 11.9. The summed E-state index contributed by atoms with van der Waals surface area (Å²) in [4.78, 5) is 24.5. The van der Waals surface area contributed by atoms with Gasteiger partial charge >= 0.3 is 0 Å². The third-order valence-corrected chi connectivity index (χ3v) is 6.26. The molecule has 1 fully saturated rings. The normalized spacial score (nSPS) is 13.5. The lowest BCUT2D eigenvalue weighted by molar-refractivity contribution is -0.113. The number of anilines is 2. The lowest BCUT2D eigenvalue weighted by Gasteiger charge is -2.08. The Kier molecular flexibility index (Phi) is 6.26. The van der Waals surface area contributed by atoms with Gasteiger partial charge in [-0.25, -0.2) is 13.6 Å². The van der Waals surface area contributed by atoms with Gasteiger partial charge in [0.25, 0.3) is 11.1 Å². The zero-order chi connectivity index (χ0) is 22.7. The number of sulfonamides is 1. The number of hydrogen-bond donors (Lipinski definition) is 3. The van der Waals surface area contributed by atoms with Crippen LogP contribution in [0.25, 0.3) is 0 Å². The van der Waals surface area contributed by atoms with Crippen molar-refractivity contribution in [2.24, 2.45) is 5.14 Å². The highest BCUT2D eigenvalue weighted by molar-refractivity contribution is 7.99. The number of thioether (sulfide) groups is 1. The number of rotatable bonds is 8. The number of amides is 2. The fraction of sp³-hybridized carbons (Fsp3) is 0.200.